The van der Waals surface area contributed by atoms with Crippen molar-refractivity contribution in [2.24, 2.45) is 7.05 Å². The summed E-state index contributed by atoms with van der Waals surface area (Å²) < 4.78 is 1.79. The van der Waals surface area contributed by atoms with Gasteiger partial charge in [-0.25, -0.2) is 0 Å². The van der Waals surface area contributed by atoms with Crippen molar-refractivity contribution >= 4 is 28.4 Å². The zero-order valence-corrected chi connectivity index (χ0v) is 15.8. The molecule has 27 heavy (non-hydrogen) atoms. The van der Waals surface area contributed by atoms with E-state index in [1.54, 1.807) is 10.7 Å². The fourth-order valence-electron chi connectivity index (χ4n) is 3.61. The van der Waals surface area contributed by atoms with E-state index in [1.165, 1.54) is 6.20 Å². The van der Waals surface area contributed by atoms with E-state index in [0.717, 1.165) is 36.6 Å². The van der Waals surface area contributed by atoms with Crippen LogP contribution in [0.15, 0.2) is 36.5 Å². The normalized spacial score (nSPS) is 20.0. The highest BCUT2D eigenvalue weighted by Gasteiger charge is 2.22. The lowest BCUT2D eigenvalue weighted by Gasteiger charge is -2.26. The fraction of sp³-hybridized carbons (Fsp3) is 0.350. The summed E-state index contributed by atoms with van der Waals surface area (Å²) in [7, 11) is 1.88. The van der Waals surface area contributed by atoms with Crippen molar-refractivity contribution < 1.29 is 9.90 Å². The number of amides is 1. The van der Waals surface area contributed by atoms with E-state index in [-0.39, 0.29) is 18.1 Å². The number of rotatable bonds is 3. The number of carbonyl (C=O) groups is 1. The number of hydrogen-bond donors (Lipinski definition) is 2. The number of nitrogens with one attached hydrogen (secondary N) is 1. The Hall–Kier alpha value is -2.44. The van der Waals surface area contributed by atoms with Gasteiger partial charge in [0.15, 0.2) is 0 Å². The molecule has 1 aliphatic rings. The van der Waals surface area contributed by atoms with Gasteiger partial charge in [-0.1, -0.05) is 29.8 Å². The minimum Gasteiger partial charge on any atom is -0.393 e. The van der Waals surface area contributed by atoms with Gasteiger partial charge in [-0.05, 0) is 37.8 Å². The number of carbonyl (C=O) groups excluding carboxylic acids is 1. The Morgan fingerprint density at radius 3 is 2.70 bits per heavy atom. The Bertz CT molecular complexity index is 993. The van der Waals surface area contributed by atoms with Gasteiger partial charge in [-0.3, -0.25) is 14.5 Å². The maximum Gasteiger partial charge on any atom is 0.253 e. The second-order valence-electron chi connectivity index (χ2n) is 7.02. The van der Waals surface area contributed by atoms with Crippen LogP contribution in [0.1, 0.15) is 36.0 Å². The molecule has 6 nitrogen and oxygen atoms in total. The summed E-state index contributed by atoms with van der Waals surface area (Å²) in [6.07, 6.45) is 4.29. The Kier molecular flexibility index (Phi) is 4.85. The number of fused-ring (bicyclic) bond motifs is 1. The SMILES string of the molecule is Cn1nc(-c2ncc(C(=O)NC3CCC(O)CC3)cc2Cl)c2ccccc21. The predicted octanol–water partition coefficient (Wildman–Crippen LogP) is 3.32. The van der Waals surface area contributed by atoms with Crippen LogP contribution in [0.2, 0.25) is 5.02 Å². The molecular weight excluding hydrogens is 364 g/mol. The number of nitrogens with zero attached hydrogens (tertiary/aromatic N) is 3. The second-order valence-corrected chi connectivity index (χ2v) is 7.43. The highest BCUT2D eigenvalue weighted by atomic mass is 35.5. The van der Waals surface area contributed by atoms with E-state index < -0.39 is 0 Å². The van der Waals surface area contributed by atoms with Crippen molar-refractivity contribution in [2.75, 3.05) is 0 Å². The molecular formula is C20H21ClN4O2. The van der Waals surface area contributed by atoms with E-state index >= 15 is 0 Å². The third-order valence-corrected chi connectivity index (χ3v) is 5.41. The van der Waals surface area contributed by atoms with Crippen LogP contribution in [0.4, 0.5) is 0 Å². The van der Waals surface area contributed by atoms with Crippen LogP contribution in [0.25, 0.3) is 22.3 Å². The molecule has 0 spiro atoms. The average molecular weight is 385 g/mol. The second kappa shape index (κ2) is 7.29. The Morgan fingerprint density at radius 1 is 1.22 bits per heavy atom. The lowest BCUT2D eigenvalue weighted by atomic mass is 9.93. The van der Waals surface area contributed by atoms with Gasteiger partial charge in [0.05, 0.1) is 22.2 Å². The summed E-state index contributed by atoms with van der Waals surface area (Å²) in [4.78, 5) is 16.9. The third kappa shape index (κ3) is 3.55. The highest BCUT2D eigenvalue weighted by Crippen LogP contribution is 2.31. The number of hydrogen-bond acceptors (Lipinski definition) is 4. The van der Waals surface area contributed by atoms with Gasteiger partial charge >= 0.3 is 0 Å². The van der Waals surface area contributed by atoms with Crippen molar-refractivity contribution in [3.8, 4) is 11.4 Å². The summed E-state index contributed by atoms with van der Waals surface area (Å²) in [6, 6.07) is 9.60. The van der Waals surface area contributed by atoms with Crippen molar-refractivity contribution in [3.63, 3.8) is 0 Å². The first kappa shape index (κ1) is 17.9. The average Bonchev–Trinajstić information content (AvgIpc) is 3.00. The Labute approximate surface area is 162 Å². The first-order valence-corrected chi connectivity index (χ1v) is 9.47. The standard InChI is InChI=1S/C20H21ClN4O2/c1-25-17-5-3-2-4-15(17)18(24-25)19-16(21)10-12(11-22-19)20(27)23-13-6-8-14(26)9-7-13/h2-5,10-11,13-14,26H,6-9H2,1H3,(H,23,27). The zero-order chi connectivity index (χ0) is 19.0. The van der Waals surface area contributed by atoms with Gasteiger partial charge in [0, 0.05) is 24.7 Å². The predicted molar refractivity (Wildman–Crippen MR) is 105 cm³/mol. The first-order chi connectivity index (χ1) is 13.0. The number of aliphatic hydroxyl groups is 1. The van der Waals surface area contributed by atoms with Gasteiger partial charge in [0.25, 0.3) is 5.91 Å². The van der Waals surface area contributed by atoms with Crippen LogP contribution < -0.4 is 5.32 Å². The summed E-state index contributed by atoms with van der Waals surface area (Å²) in [5.74, 6) is -0.191. The van der Waals surface area contributed by atoms with Crippen molar-refractivity contribution in [2.45, 2.75) is 37.8 Å². The van der Waals surface area contributed by atoms with Crippen LogP contribution in [0, 0.1) is 0 Å². The third-order valence-electron chi connectivity index (χ3n) is 5.12. The summed E-state index contributed by atoms with van der Waals surface area (Å²) in [5.41, 5.74) is 2.68. The molecule has 0 unspecified atom stereocenters. The lowest BCUT2D eigenvalue weighted by Crippen LogP contribution is -2.38. The summed E-state index contributed by atoms with van der Waals surface area (Å²) in [6.45, 7) is 0. The smallest absolute Gasteiger partial charge is 0.253 e. The molecule has 3 aromatic rings. The number of para-hydroxylation sites is 1. The lowest BCUT2D eigenvalue weighted by molar-refractivity contribution is 0.0867. The Balaban J connectivity index is 1.58. The van der Waals surface area contributed by atoms with Crippen LogP contribution in [0.5, 0.6) is 0 Å². The largest absolute Gasteiger partial charge is 0.393 e. The van der Waals surface area contributed by atoms with Crippen LogP contribution in [-0.4, -0.2) is 37.9 Å². The van der Waals surface area contributed by atoms with E-state index in [2.05, 4.69) is 15.4 Å². The van der Waals surface area contributed by atoms with E-state index in [0.29, 0.717) is 22.0 Å². The van der Waals surface area contributed by atoms with E-state index in [9.17, 15) is 9.90 Å². The molecule has 7 heteroatoms. The van der Waals surface area contributed by atoms with Crippen LogP contribution >= 0.6 is 11.6 Å². The molecule has 0 bridgehead atoms. The van der Waals surface area contributed by atoms with Crippen molar-refractivity contribution in [1.82, 2.24) is 20.1 Å². The molecule has 1 saturated carbocycles. The monoisotopic (exact) mass is 384 g/mol. The van der Waals surface area contributed by atoms with Crippen molar-refractivity contribution in [1.29, 1.82) is 0 Å². The van der Waals surface area contributed by atoms with Gasteiger partial charge in [-0.2, -0.15) is 5.10 Å². The number of aliphatic hydroxyl groups excluding tert-OH is 1. The molecule has 2 heterocycles. The molecule has 0 atom stereocenters. The maximum absolute atomic E-state index is 12.5. The van der Waals surface area contributed by atoms with Crippen LogP contribution in [0.3, 0.4) is 0 Å². The number of aromatic nitrogens is 3. The molecule has 4 rings (SSSR count). The molecule has 0 saturated heterocycles. The molecule has 0 radical (unpaired) electrons. The minimum absolute atomic E-state index is 0.0825. The molecule has 140 valence electrons. The molecule has 0 aliphatic heterocycles. The molecule has 1 aliphatic carbocycles. The minimum atomic E-state index is -0.248. The number of aryl methyl sites for hydroxylation is 1. The molecule has 1 aromatic carbocycles. The quantitative estimate of drug-likeness (QED) is 0.725. The highest BCUT2D eigenvalue weighted by molar-refractivity contribution is 6.33. The Morgan fingerprint density at radius 2 is 1.96 bits per heavy atom. The number of benzene rings is 1. The van der Waals surface area contributed by atoms with Gasteiger partial charge in [-0.15, -0.1) is 0 Å². The fourth-order valence-corrected chi connectivity index (χ4v) is 3.87. The maximum atomic E-state index is 12.5. The van der Waals surface area contributed by atoms with Crippen molar-refractivity contribution in [3.05, 3.63) is 47.1 Å². The first-order valence-electron chi connectivity index (χ1n) is 9.09. The van der Waals surface area contributed by atoms with Gasteiger partial charge in [0.1, 0.15) is 11.4 Å². The van der Waals surface area contributed by atoms with Gasteiger partial charge in [0.2, 0.25) is 0 Å². The molecule has 1 fully saturated rings. The summed E-state index contributed by atoms with van der Waals surface area (Å²) in [5, 5.41) is 18.5. The van der Waals surface area contributed by atoms with E-state index in [1.807, 2.05) is 31.3 Å². The topological polar surface area (TPSA) is 80.0 Å². The van der Waals surface area contributed by atoms with Gasteiger partial charge < -0.3 is 10.4 Å². The van der Waals surface area contributed by atoms with E-state index in [4.69, 9.17) is 11.6 Å². The number of pyridine rings is 1. The number of halogens is 1. The molecule has 2 aromatic heterocycles. The molecule has 1 amide bonds. The molecule has 2 N–H and O–H groups in total. The summed E-state index contributed by atoms with van der Waals surface area (Å²) >= 11 is 6.45. The van der Waals surface area contributed by atoms with Crippen LogP contribution in [-0.2, 0) is 7.05 Å². The zero-order valence-electron chi connectivity index (χ0n) is 15.0.